The highest BCUT2D eigenvalue weighted by Gasteiger charge is 2.19. The van der Waals surface area contributed by atoms with E-state index >= 15 is 0 Å². The number of benzene rings is 2. The monoisotopic (exact) mass is 390 g/mol. The van der Waals surface area contributed by atoms with Gasteiger partial charge >= 0.3 is 0 Å². The summed E-state index contributed by atoms with van der Waals surface area (Å²) in [6.07, 6.45) is 1.62. The van der Waals surface area contributed by atoms with E-state index < -0.39 is 19.9 Å². The number of pyridine rings is 1. The van der Waals surface area contributed by atoms with E-state index in [4.69, 9.17) is 0 Å². The lowest BCUT2D eigenvalue weighted by Crippen LogP contribution is -2.14. The third-order valence-electron chi connectivity index (χ3n) is 3.95. The van der Waals surface area contributed by atoms with Crippen molar-refractivity contribution in [3.05, 3.63) is 60.3 Å². The lowest BCUT2D eigenvalue weighted by molar-refractivity contribution is 0.597. The van der Waals surface area contributed by atoms with Crippen LogP contribution >= 0.6 is 0 Å². The number of hydrogen-bond acceptors (Lipinski definition) is 5. The van der Waals surface area contributed by atoms with Gasteiger partial charge in [0.25, 0.3) is 10.0 Å². The second kappa shape index (κ2) is 6.69. The molecule has 1 aromatic heterocycles. The second-order valence-corrected chi connectivity index (χ2v) is 9.80. The van der Waals surface area contributed by atoms with E-state index in [-0.39, 0.29) is 21.2 Å². The standard InChI is InChI=1S/C18H18N2O4S2/c1-3-25(21,22)16-9-7-15(8-10-16)20-26(23,24)17-6-4-5-14-11-13(2)12-19-18(14)17/h4-12,20H,3H2,1-2H3. The summed E-state index contributed by atoms with van der Waals surface area (Å²) in [5.41, 5.74) is 1.60. The summed E-state index contributed by atoms with van der Waals surface area (Å²) in [7, 11) is -7.20. The van der Waals surface area contributed by atoms with Crippen LogP contribution in [-0.2, 0) is 19.9 Å². The number of para-hydroxylation sites is 1. The van der Waals surface area contributed by atoms with Crippen LogP contribution < -0.4 is 4.72 Å². The predicted octanol–water partition coefficient (Wildman–Crippen LogP) is 3.14. The van der Waals surface area contributed by atoms with E-state index in [2.05, 4.69) is 9.71 Å². The predicted molar refractivity (Wildman–Crippen MR) is 101 cm³/mol. The van der Waals surface area contributed by atoms with Crippen molar-refractivity contribution in [2.75, 3.05) is 10.5 Å². The third-order valence-corrected chi connectivity index (χ3v) is 7.11. The van der Waals surface area contributed by atoms with E-state index in [9.17, 15) is 16.8 Å². The quantitative estimate of drug-likeness (QED) is 0.722. The van der Waals surface area contributed by atoms with Crippen LogP contribution in [0.5, 0.6) is 0 Å². The molecule has 1 N–H and O–H groups in total. The number of sulfone groups is 1. The van der Waals surface area contributed by atoms with Crippen LogP contribution in [-0.4, -0.2) is 27.6 Å². The Morgan fingerprint density at radius 2 is 1.69 bits per heavy atom. The van der Waals surface area contributed by atoms with Gasteiger partial charge in [0.05, 0.1) is 16.2 Å². The Morgan fingerprint density at radius 1 is 1.00 bits per heavy atom. The van der Waals surface area contributed by atoms with E-state index in [1.54, 1.807) is 25.3 Å². The van der Waals surface area contributed by atoms with Gasteiger partial charge in [0.2, 0.25) is 0 Å². The largest absolute Gasteiger partial charge is 0.280 e. The molecule has 0 amide bonds. The zero-order valence-electron chi connectivity index (χ0n) is 14.3. The van der Waals surface area contributed by atoms with Crippen molar-refractivity contribution in [3.8, 4) is 0 Å². The molecule has 8 heteroatoms. The van der Waals surface area contributed by atoms with Crippen molar-refractivity contribution in [1.29, 1.82) is 0 Å². The molecule has 0 atom stereocenters. The van der Waals surface area contributed by atoms with Crippen LogP contribution in [0.1, 0.15) is 12.5 Å². The molecule has 0 saturated heterocycles. The molecule has 1 heterocycles. The summed E-state index contributed by atoms with van der Waals surface area (Å²) in [4.78, 5) is 4.47. The average molecular weight is 390 g/mol. The first-order chi connectivity index (χ1) is 12.2. The molecule has 0 aliphatic heterocycles. The molecule has 0 saturated carbocycles. The molecular formula is C18H18N2O4S2. The minimum atomic E-state index is -3.87. The first-order valence-corrected chi connectivity index (χ1v) is 11.1. The Kier molecular flexibility index (Phi) is 4.72. The van der Waals surface area contributed by atoms with Crippen LogP contribution in [0.4, 0.5) is 5.69 Å². The van der Waals surface area contributed by atoms with Crippen molar-refractivity contribution in [3.63, 3.8) is 0 Å². The Labute approximate surface area is 152 Å². The summed E-state index contributed by atoms with van der Waals surface area (Å²) in [5.74, 6) is -0.0147. The second-order valence-electron chi connectivity index (χ2n) is 5.87. The van der Waals surface area contributed by atoms with Gasteiger partial charge in [-0.25, -0.2) is 16.8 Å². The SMILES string of the molecule is CCS(=O)(=O)c1ccc(NS(=O)(=O)c2cccc3cc(C)cnc23)cc1. The summed E-state index contributed by atoms with van der Waals surface area (Å²) in [6.45, 7) is 3.44. The molecule has 26 heavy (non-hydrogen) atoms. The van der Waals surface area contributed by atoms with Gasteiger partial charge < -0.3 is 0 Å². The molecule has 0 spiro atoms. The molecule has 0 fully saturated rings. The highest BCUT2D eigenvalue weighted by atomic mass is 32.2. The molecule has 3 rings (SSSR count). The average Bonchev–Trinajstić information content (AvgIpc) is 2.61. The van der Waals surface area contributed by atoms with Gasteiger partial charge in [0, 0.05) is 17.3 Å². The van der Waals surface area contributed by atoms with Gasteiger partial charge in [-0.1, -0.05) is 19.1 Å². The third kappa shape index (κ3) is 3.56. The topological polar surface area (TPSA) is 93.2 Å². The number of aromatic nitrogens is 1. The van der Waals surface area contributed by atoms with Gasteiger partial charge in [-0.3, -0.25) is 9.71 Å². The zero-order valence-corrected chi connectivity index (χ0v) is 15.9. The normalized spacial score (nSPS) is 12.2. The number of sulfonamides is 1. The van der Waals surface area contributed by atoms with Crippen molar-refractivity contribution in [2.24, 2.45) is 0 Å². The lowest BCUT2D eigenvalue weighted by Gasteiger charge is -2.11. The molecule has 0 unspecified atom stereocenters. The molecule has 2 aromatic carbocycles. The van der Waals surface area contributed by atoms with Crippen LogP contribution in [0, 0.1) is 6.92 Å². The minimum Gasteiger partial charge on any atom is -0.280 e. The number of anilines is 1. The number of rotatable bonds is 5. The summed E-state index contributed by atoms with van der Waals surface area (Å²) < 4.78 is 51.7. The zero-order chi connectivity index (χ0) is 18.9. The van der Waals surface area contributed by atoms with Crippen molar-refractivity contribution < 1.29 is 16.8 Å². The number of nitrogens with one attached hydrogen (secondary N) is 1. The fourth-order valence-corrected chi connectivity index (χ4v) is 4.69. The van der Waals surface area contributed by atoms with Gasteiger partial charge in [-0.2, -0.15) is 0 Å². The molecule has 0 aliphatic carbocycles. The number of nitrogens with zero attached hydrogens (tertiary/aromatic N) is 1. The van der Waals surface area contributed by atoms with Gasteiger partial charge in [0.15, 0.2) is 9.84 Å². The smallest absolute Gasteiger partial charge is 0.264 e. The Morgan fingerprint density at radius 3 is 2.35 bits per heavy atom. The summed E-state index contributed by atoms with van der Waals surface area (Å²) in [5, 5.41) is 0.734. The first-order valence-electron chi connectivity index (χ1n) is 7.94. The molecule has 0 aliphatic rings. The Hall–Kier alpha value is -2.45. The highest BCUT2D eigenvalue weighted by Crippen LogP contribution is 2.24. The fraction of sp³-hybridized carbons (Fsp3) is 0.167. The number of hydrogen-bond donors (Lipinski definition) is 1. The lowest BCUT2D eigenvalue weighted by atomic mass is 10.2. The van der Waals surface area contributed by atoms with E-state index in [0.29, 0.717) is 5.52 Å². The fourth-order valence-electron chi connectivity index (χ4n) is 2.57. The van der Waals surface area contributed by atoms with Gasteiger partial charge in [0.1, 0.15) is 4.90 Å². The van der Waals surface area contributed by atoms with E-state index in [1.807, 2.05) is 13.0 Å². The minimum absolute atomic E-state index is 0.0147. The first kappa shape index (κ1) is 18.3. The maximum Gasteiger partial charge on any atom is 0.264 e. The molecule has 136 valence electrons. The molecular weight excluding hydrogens is 372 g/mol. The molecule has 0 radical (unpaired) electrons. The number of aryl methyl sites for hydroxylation is 1. The maximum atomic E-state index is 12.8. The van der Waals surface area contributed by atoms with E-state index in [0.717, 1.165) is 10.9 Å². The van der Waals surface area contributed by atoms with E-state index in [1.165, 1.54) is 30.3 Å². The number of fused-ring (bicyclic) bond motifs is 1. The van der Waals surface area contributed by atoms with Gasteiger partial charge in [-0.15, -0.1) is 0 Å². The maximum absolute atomic E-state index is 12.8. The Balaban J connectivity index is 1.98. The van der Waals surface area contributed by atoms with Crippen molar-refractivity contribution in [1.82, 2.24) is 4.98 Å². The Bertz CT molecular complexity index is 1170. The van der Waals surface area contributed by atoms with Gasteiger partial charge in [-0.05, 0) is 48.9 Å². The molecule has 0 bridgehead atoms. The van der Waals surface area contributed by atoms with Crippen molar-refractivity contribution >= 4 is 36.5 Å². The highest BCUT2D eigenvalue weighted by molar-refractivity contribution is 7.93. The van der Waals surface area contributed by atoms with Crippen LogP contribution in [0.3, 0.4) is 0 Å². The van der Waals surface area contributed by atoms with Crippen LogP contribution in [0.2, 0.25) is 0 Å². The summed E-state index contributed by atoms with van der Waals surface area (Å²) >= 11 is 0. The summed E-state index contributed by atoms with van der Waals surface area (Å²) in [6, 6.07) is 12.5. The van der Waals surface area contributed by atoms with Crippen molar-refractivity contribution in [2.45, 2.75) is 23.6 Å². The molecule has 3 aromatic rings. The van der Waals surface area contributed by atoms with Crippen LogP contribution in [0.25, 0.3) is 10.9 Å². The molecule has 6 nitrogen and oxygen atoms in total. The van der Waals surface area contributed by atoms with Crippen LogP contribution in [0.15, 0.2) is 64.5 Å².